The standard InChI is InChI=1S/C17H12BrN5/c18-13-5-3-6-14(8-13)22-16-9-17(21-11-20-16)23-15-7-2-1-4-12(15)10-19/h1-9,11H,(H2,20,21,22,23). The van der Waals surface area contributed by atoms with Gasteiger partial charge in [-0.3, -0.25) is 0 Å². The van der Waals surface area contributed by atoms with Crippen molar-refractivity contribution >= 4 is 38.9 Å². The van der Waals surface area contributed by atoms with Crippen LogP contribution in [0.5, 0.6) is 0 Å². The van der Waals surface area contributed by atoms with Crippen molar-refractivity contribution in [2.45, 2.75) is 0 Å². The molecule has 0 aliphatic rings. The Bertz CT molecular complexity index is 873. The van der Waals surface area contributed by atoms with Gasteiger partial charge in [-0.1, -0.05) is 34.1 Å². The van der Waals surface area contributed by atoms with Crippen molar-refractivity contribution in [3.8, 4) is 6.07 Å². The van der Waals surface area contributed by atoms with Crippen LogP contribution in [0.4, 0.5) is 23.0 Å². The molecule has 1 aromatic heterocycles. The number of para-hydroxylation sites is 1. The molecule has 0 fully saturated rings. The molecule has 0 spiro atoms. The van der Waals surface area contributed by atoms with Crippen molar-refractivity contribution in [3.63, 3.8) is 0 Å². The van der Waals surface area contributed by atoms with Crippen molar-refractivity contribution in [1.29, 1.82) is 5.26 Å². The van der Waals surface area contributed by atoms with E-state index in [1.165, 1.54) is 6.33 Å². The summed E-state index contributed by atoms with van der Waals surface area (Å²) in [5, 5.41) is 15.5. The van der Waals surface area contributed by atoms with Crippen LogP contribution in [-0.2, 0) is 0 Å². The average Bonchev–Trinajstić information content (AvgIpc) is 2.56. The van der Waals surface area contributed by atoms with E-state index in [-0.39, 0.29) is 0 Å². The van der Waals surface area contributed by atoms with E-state index in [2.05, 4.69) is 42.6 Å². The summed E-state index contributed by atoms with van der Waals surface area (Å²) in [6.45, 7) is 0. The van der Waals surface area contributed by atoms with Gasteiger partial charge in [0.15, 0.2) is 0 Å². The highest BCUT2D eigenvalue weighted by Crippen LogP contribution is 2.22. The van der Waals surface area contributed by atoms with Crippen LogP contribution in [0.25, 0.3) is 0 Å². The first-order valence-electron chi connectivity index (χ1n) is 6.85. The number of halogens is 1. The van der Waals surface area contributed by atoms with Crippen molar-refractivity contribution < 1.29 is 0 Å². The van der Waals surface area contributed by atoms with E-state index in [9.17, 15) is 0 Å². The third-order valence-corrected chi connectivity index (χ3v) is 3.57. The second-order valence-corrected chi connectivity index (χ2v) is 5.62. The molecule has 0 radical (unpaired) electrons. The van der Waals surface area contributed by atoms with Crippen LogP contribution in [0.1, 0.15) is 5.56 Å². The molecule has 0 atom stereocenters. The van der Waals surface area contributed by atoms with Gasteiger partial charge in [-0.2, -0.15) is 5.26 Å². The number of anilines is 4. The molecule has 0 amide bonds. The molecule has 112 valence electrons. The van der Waals surface area contributed by atoms with Crippen LogP contribution in [0.2, 0.25) is 0 Å². The van der Waals surface area contributed by atoms with Gasteiger partial charge in [0.1, 0.15) is 24.0 Å². The zero-order chi connectivity index (χ0) is 16.1. The molecule has 6 heteroatoms. The second kappa shape index (κ2) is 6.90. The summed E-state index contributed by atoms with van der Waals surface area (Å²) in [6.07, 6.45) is 1.47. The maximum Gasteiger partial charge on any atom is 0.135 e. The topological polar surface area (TPSA) is 73.6 Å². The highest BCUT2D eigenvalue weighted by atomic mass is 79.9. The lowest BCUT2D eigenvalue weighted by Gasteiger charge is -2.09. The van der Waals surface area contributed by atoms with Gasteiger partial charge in [-0.05, 0) is 30.3 Å². The molecule has 23 heavy (non-hydrogen) atoms. The lowest BCUT2D eigenvalue weighted by atomic mass is 10.2. The minimum absolute atomic E-state index is 0.563. The third kappa shape index (κ3) is 3.84. The summed E-state index contributed by atoms with van der Waals surface area (Å²) in [6, 6.07) is 19.0. The Hall–Kier alpha value is -2.91. The summed E-state index contributed by atoms with van der Waals surface area (Å²) < 4.78 is 0.984. The van der Waals surface area contributed by atoms with Gasteiger partial charge in [-0.25, -0.2) is 9.97 Å². The summed E-state index contributed by atoms with van der Waals surface area (Å²) in [5.74, 6) is 1.27. The lowest BCUT2D eigenvalue weighted by molar-refractivity contribution is 1.17. The number of aromatic nitrogens is 2. The van der Waals surface area contributed by atoms with Crippen molar-refractivity contribution in [2.24, 2.45) is 0 Å². The average molecular weight is 366 g/mol. The van der Waals surface area contributed by atoms with E-state index < -0.39 is 0 Å². The fourth-order valence-corrected chi connectivity index (χ4v) is 2.43. The first-order chi connectivity index (χ1) is 11.2. The normalized spacial score (nSPS) is 9.91. The highest BCUT2D eigenvalue weighted by molar-refractivity contribution is 9.10. The van der Waals surface area contributed by atoms with Gasteiger partial charge in [0, 0.05) is 16.2 Å². The number of hydrogen-bond donors (Lipinski definition) is 2. The maximum absolute atomic E-state index is 9.13. The van der Waals surface area contributed by atoms with E-state index in [4.69, 9.17) is 5.26 Å². The summed E-state index contributed by atoms with van der Waals surface area (Å²) in [5.41, 5.74) is 2.19. The Balaban J connectivity index is 1.81. The van der Waals surface area contributed by atoms with E-state index in [0.717, 1.165) is 10.2 Å². The number of nitrogens with one attached hydrogen (secondary N) is 2. The molecule has 1 heterocycles. The van der Waals surface area contributed by atoms with Crippen LogP contribution >= 0.6 is 15.9 Å². The molecule has 0 bridgehead atoms. The van der Waals surface area contributed by atoms with Gasteiger partial charge < -0.3 is 10.6 Å². The Morgan fingerprint density at radius 1 is 0.913 bits per heavy atom. The number of nitrogens with zero attached hydrogens (tertiary/aromatic N) is 3. The van der Waals surface area contributed by atoms with Gasteiger partial charge >= 0.3 is 0 Å². The smallest absolute Gasteiger partial charge is 0.135 e. The fourth-order valence-electron chi connectivity index (χ4n) is 2.04. The van der Waals surface area contributed by atoms with Gasteiger partial charge in [0.05, 0.1) is 11.3 Å². The maximum atomic E-state index is 9.13. The summed E-state index contributed by atoms with van der Waals surface area (Å²) in [7, 11) is 0. The predicted molar refractivity (Wildman–Crippen MR) is 93.9 cm³/mol. The summed E-state index contributed by atoms with van der Waals surface area (Å²) in [4.78, 5) is 8.39. The number of rotatable bonds is 4. The highest BCUT2D eigenvalue weighted by Gasteiger charge is 2.04. The van der Waals surface area contributed by atoms with E-state index in [0.29, 0.717) is 22.9 Å². The lowest BCUT2D eigenvalue weighted by Crippen LogP contribution is -1.99. The molecular formula is C17H12BrN5. The Morgan fingerprint density at radius 2 is 1.70 bits per heavy atom. The van der Waals surface area contributed by atoms with Crippen LogP contribution in [0.15, 0.2) is 65.4 Å². The molecule has 3 rings (SSSR count). The van der Waals surface area contributed by atoms with Crippen LogP contribution < -0.4 is 10.6 Å². The molecule has 0 saturated carbocycles. The number of benzene rings is 2. The summed E-state index contributed by atoms with van der Waals surface area (Å²) >= 11 is 3.43. The van der Waals surface area contributed by atoms with Gasteiger partial charge in [0.25, 0.3) is 0 Å². The minimum atomic E-state index is 0.563. The van der Waals surface area contributed by atoms with Crippen LogP contribution in [0, 0.1) is 11.3 Å². The first kappa shape index (κ1) is 15.0. The minimum Gasteiger partial charge on any atom is -0.340 e. The quantitative estimate of drug-likeness (QED) is 0.706. The number of hydrogen-bond acceptors (Lipinski definition) is 5. The molecule has 0 aliphatic heterocycles. The first-order valence-corrected chi connectivity index (χ1v) is 7.65. The predicted octanol–water partition coefficient (Wildman–Crippen LogP) is 4.60. The van der Waals surface area contributed by atoms with Gasteiger partial charge in [0.2, 0.25) is 0 Å². The zero-order valence-corrected chi connectivity index (χ0v) is 13.6. The van der Waals surface area contributed by atoms with E-state index >= 15 is 0 Å². The SMILES string of the molecule is N#Cc1ccccc1Nc1cc(Nc2cccc(Br)c2)ncn1. The van der Waals surface area contributed by atoms with Crippen LogP contribution in [0.3, 0.4) is 0 Å². The van der Waals surface area contributed by atoms with E-state index in [1.54, 1.807) is 12.1 Å². The van der Waals surface area contributed by atoms with Crippen molar-refractivity contribution in [1.82, 2.24) is 9.97 Å². The van der Waals surface area contributed by atoms with E-state index in [1.807, 2.05) is 42.5 Å². The largest absolute Gasteiger partial charge is 0.340 e. The molecule has 2 N–H and O–H groups in total. The van der Waals surface area contributed by atoms with Crippen LogP contribution in [-0.4, -0.2) is 9.97 Å². The Labute approximate surface area is 142 Å². The Kier molecular flexibility index (Phi) is 4.50. The fraction of sp³-hybridized carbons (Fsp3) is 0. The van der Waals surface area contributed by atoms with Crippen molar-refractivity contribution in [3.05, 3.63) is 71.0 Å². The molecular weight excluding hydrogens is 354 g/mol. The molecule has 5 nitrogen and oxygen atoms in total. The third-order valence-electron chi connectivity index (χ3n) is 3.07. The van der Waals surface area contributed by atoms with Crippen molar-refractivity contribution in [2.75, 3.05) is 10.6 Å². The Morgan fingerprint density at radius 3 is 2.48 bits per heavy atom. The number of nitriles is 1. The zero-order valence-electron chi connectivity index (χ0n) is 12.0. The molecule has 3 aromatic rings. The van der Waals surface area contributed by atoms with Gasteiger partial charge in [-0.15, -0.1) is 0 Å². The molecule has 0 saturated heterocycles. The monoisotopic (exact) mass is 365 g/mol. The second-order valence-electron chi connectivity index (χ2n) is 4.71. The molecule has 2 aromatic carbocycles. The molecule has 0 unspecified atom stereocenters. The molecule has 0 aliphatic carbocycles.